The number of hydrogen-bond donors (Lipinski definition) is 1. The third kappa shape index (κ3) is 2.71. The number of hydrogen-bond acceptors (Lipinski definition) is 6. The maximum absolute atomic E-state index is 11.1. The second-order valence-corrected chi connectivity index (χ2v) is 5.25. The minimum absolute atomic E-state index is 0.0843. The van der Waals surface area contributed by atoms with Gasteiger partial charge in [0, 0.05) is 30.4 Å². The maximum Gasteiger partial charge on any atom is 0.311 e. The number of fused-ring (bicyclic) bond motifs is 1. The molecule has 0 fully saturated rings. The summed E-state index contributed by atoms with van der Waals surface area (Å²) in [5, 5.41) is 13.0. The van der Waals surface area contributed by atoms with Gasteiger partial charge < -0.3 is 10.5 Å². The third-order valence-corrected chi connectivity index (χ3v) is 3.75. The summed E-state index contributed by atoms with van der Waals surface area (Å²) in [7, 11) is 0. The van der Waals surface area contributed by atoms with Crippen molar-refractivity contribution in [3.63, 3.8) is 0 Å². The Balaban J connectivity index is 1.80. The third-order valence-electron chi connectivity index (χ3n) is 2.97. The fourth-order valence-electron chi connectivity index (χ4n) is 1.95. The van der Waals surface area contributed by atoms with Crippen molar-refractivity contribution in [3.05, 3.63) is 57.3 Å². The highest BCUT2D eigenvalue weighted by Crippen LogP contribution is 2.28. The molecule has 7 nitrogen and oxygen atoms in total. The molecule has 0 aliphatic rings. The van der Waals surface area contributed by atoms with Crippen LogP contribution in [0.4, 0.5) is 5.69 Å². The molecule has 0 amide bonds. The van der Waals surface area contributed by atoms with Crippen molar-refractivity contribution >= 4 is 22.0 Å². The van der Waals surface area contributed by atoms with E-state index in [-0.39, 0.29) is 24.6 Å². The number of nitro benzene ring substituents is 1. The molecule has 0 bridgehead atoms. The Bertz CT molecular complexity index is 767. The van der Waals surface area contributed by atoms with E-state index in [4.69, 9.17) is 10.5 Å². The highest BCUT2D eigenvalue weighted by atomic mass is 32.1. The van der Waals surface area contributed by atoms with Crippen LogP contribution < -0.4 is 10.5 Å². The van der Waals surface area contributed by atoms with Gasteiger partial charge in [-0.1, -0.05) is 6.07 Å². The minimum Gasteiger partial charge on any atom is -0.480 e. The summed E-state index contributed by atoms with van der Waals surface area (Å²) in [4.78, 5) is 15.8. The first kappa shape index (κ1) is 13.5. The lowest BCUT2D eigenvalue weighted by atomic mass is 10.2. The van der Waals surface area contributed by atoms with Gasteiger partial charge in [-0.2, -0.15) is 0 Å². The first-order valence-electron chi connectivity index (χ1n) is 6.18. The van der Waals surface area contributed by atoms with Crippen LogP contribution in [0.25, 0.3) is 4.96 Å². The Morgan fingerprint density at radius 3 is 3.05 bits per heavy atom. The highest BCUT2D eigenvalue weighted by molar-refractivity contribution is 7.15. The van der Waals surface area contributed by atoms with E-state index in [1.807, 2.05) is 22.2 Å². The normalized spacial score (nSPS) is 10.9. The molecule has 0 aliphatic heterocycles. The Morgan fingerprint density at radius 2 is 2.33 bits per heavy atom. The molecule has 0 unspecified atom stereocenters. The molecule has 0 spiro atoms. The van der Waals surface area contributed by atoms with Gasteiger partial charge in [0.1, 0.15) is 6.61 Å². The number of thiazole rings is 1. The summed E-state index contributed by atoms with van der Waals surface area (Å²) in [6, 6.07) is 4.72. The van der Waals surface area contributed by atoms with Crippen molar-refractivity contribution in [1.82, 2.24) is 9.38 Å². The number of rotatable bonds is 5. The van der Waals surface area contributed by atoms with Crippen LogP contribution in [0.1, 0.15) is 11.3 Å². The largest absolute Gasteiger partial charge is 0.480 e. The number of imidazole rings is 1. The van der Waals surface area contributed by atoms with E-state index < -0.39 is 4.92 Å². The highest BCUT2D eigenvalue weighted by Gasteiger charge is 2.16. The SMILES string of the molecule is NCc1ccc(OCc2cn3ccsc3n2)c([N+](=O)[O-])c1. The van der Waals surface area contributed by atoms with Gasteiger partial charge in [0.25, 0.3) is 0 Å². The Kier molecular flexibility index (Phi) is 3.55. The molecule has 0 saturated heterocycles. The van der Waals surface area contributed by atoms with Crippen molar-refractivity contribution in [2.45, 2.75) is 13.2 Å². The molecule has 108 valence electrons. The molecule has 21 heavy (non-hydrogen) atoms. The number of aromatic nitrogens is 2. The lowest BCUT2D eigenvalue weighted by Crippen LogP contribution is -2.02. The molecule has 1 aromatic carbocycles. The zero-order valence-corrected chi connectivity index (χ0v) is 11.7. The van der Waals surface area contributed by atoms with Crippen molar-refractivity contribution in [3.8, 4) is 5.75 Å². The van der Waals surface area contributed by atoms with Crippen LogP contribution in [0.5, 0.6) is 5.75 Å². The molecule has 2 aromatic heterocycles. The number of nitro groups is 1. The van der Waals surface area contributed by atoms with Crippen molar-refractivity contribution in [2.75, 3.05) is 0 Å². The van der Waals surface area contributed by atoms with Crippen LogP contribution >= 0.6 is 11.3 Å². The van der Waals surface area contributed by atoms with E-state index in [2.05, 4.69) is 4.98 Å². The average Bonchev–Trinajstić information content (AvgIpc) is 3.05. The molecule has 0 saturated carbocycles. The summed E-state index contributed by atoms with van der Waals surface area (Å²) >= 11 is 1.52. The Hall–Kier alpha value is -2.45. The summed E-state index contributed by atoms with van der Waals surface area (Å²) in [5.41, 5.74) is 6.82. The molecule has 0 radical (unpaired) electrons. The average molecular weight is 304 g/mol. The molecule has 0 atom stereocenters. The van der Waals surface area contributed by atoms with Crippen LogP contribution in [-0.4, -0.2) is 14.3 Å². The summed E-state index contributed by atoms with van der Waals surface area (Å²) in [5.74, 6) is 0.216. The molecule has 2 N–H and O–H groups in total. The Morgan fingerprint density at radius 1 is 1.48 bits per heavy atom. The second kappa shape index (κ2) is 5.51. The van der Waals surface area contributed by atoms with Crippen LogP contribution in [0.3, 0.4) is 0 Å². The zero-order valence-electron chi connectivity index (χ0n) is 10.9. The van der Waals surface area contributed by atoms with Gasteiger partial charge in [-0.25, -0.2) is 4.98 Å². The number of nitrogens with zero attached hydrogens (tertiary/aromatic N) is 3. The van der Waals surface area contributed by atoms with Gasteiger partial charge in [-0.15, -0.1) is 11.3 Å². The quantitative estimate of drug-likeness (QED) is 0.576. The molecular weight excluding hydrogens is 292 g/mol. The summed E-state index contributed by atoms with van der Waals surface area (Å²) in [6.07, 6.45) is 3.74. The van der Waals surface area contributed by atoms with E-state index in [0.717, 1.165) is 10.7 Å². The molecule has 3 aromatic rings. The lowest BCUT2D eigenvalue weighted by Gasteiger charge is -2.06. The van der Waals surface area contributed by atoms with E-state index in [9.17, 15) is 10.1 Å². The smallest absolute Gasteiger partial charge is 0.311 e. The van der Waals surface area contributed by atoms with Crippen molar-refractivity contribution in [1.29, 1.82) is 0 Å². The first-order chi connectivity index (χ1) is 10.2. The molecular formula is C13H12N4O3S. The van der Waals surface area contributed by atoms with Gasteiger partial charge in [0.05, 0.1) is 10.6 Å². The van der Waals surface area contributed by atoms with Crippen LogP contribution in [0.2, 0.25) is 0 Å². The Labute approximate surface area is 123 Å². The molecule has 3 rings (SSSR count). The molecule has 0 aliphatic carbocycles. The van der Waals surface area contributed by atoms with Crippen molar-refractivity contribution in [2.24, 2.45) is 5.73 Å². The predicted octanol–water partition coefficient (Wildman–Crippen LogP) is 2.34. The second-order valence-electron chi connectivity index (χ2n) is 4.38. The number of nitrogens with two attached hydrogens (primary N) is 1. The van der Waals surface area contributed by atoms with Gasteiger partial charge in [0.2, 0.25) is 0 Å². The first-order valence-corrected chi connectivity index (χ1v) is 7.06. The lowest BCUT2D eigenvalue weighted by molar-refractivity contribution is -0.386. The standard InChI is InChI=1S/C13H12N4O3S/c14-6-9-1-2-12(11(5-9)17(18)19)20-8-10-7-16-3-4-21-13(16)15-10/h1-5,7H,6,8,14H2. The summed E-state index contributed by atoms with van der Waals surface area (Å²) < 4.78 is 7.41. The van der Waals surface area contributed by atoms with E-state index >= 15 is 0 Å². The van der Waals surface area contributed by atoms with Crippen LogP contribution in [-0.2, 0) is 13.2 Å². The van der Waals surface area contributed by atoms with E-state index in [1.54, 1.807) is 12.1 Å². The minimum atomic E-state index is -0.472. The van der Waals surface area contributed by atoms with Crippen LogP contribution in [0.15, 0.2) is 36.0 Å². The molecule has 8 heteroatoms. The fourth-order valence-corrected chi connectivity index (χ4v) is 2.67. The number of ether oxygens (including phenoxy) is 1. The van der Waals surface area contributed by atoms with Gasteiger partial charge in [-0.05, 0) is 11.6 Å². The fraction of sp³-hybridized carbons (Fsp3) is 0.154. The topological polar surface area (TPSA) is 95.7 Å². The van der Waals surface area contributed by atoms with E-state index in [0.29, 0.717) is 5.56 Å². The van der Waals surface area contributed by atoms with Gasteiger partial charge >= 0.3 is 5.69 Å². The number of benzene rings is 1. The van der Waals surface area contributed by atoms with Gasteiger partial charge in [0.15, 0.2) is 10.7 Å². The van der Waals surface area contributed by atoms with Gasteiger partial charge in [-0.3, -0.25) is 14.5 Å². The monoisotopic (exact) mass is 304 g/mol. The van der Waals surface area contributed by atoms with Crippen molar-refractivity contribution < 1.29 is 9.66 Å². The predicted molar refractivity (Wildman–Crippen MR) is 78.4 cm³/mol. The molecule has 2 heterocycles. The summed E-state index contributed by atoms with van der Waals surface area (Å²) in [6.45, 7) is 0.426. The zero-order chi connectivity index (χ0) is 14.8. The van der Waals surface area contributed by atoms with E-state index in [1.165, 1.54) is 17.4 Å². The van der Waals surface area contributed by atoms with Crippen LogP contribution in [0, 0.1) is 10.1 Å². The maximum atomic E-state index is 11.1.